The van der Waals surface area contributed by atoms with Gasteiger partial charge < -0.3 is 11.5 Å². The standard InChI is InChI=1S/C8H9N5/c9-6-7(12-13-8(6)10)5-3-1-2-4-11-5/h1-4H,9H2,(H3,10,12,13). The summed E-state index contributed by atoms with van der Waals surface area (Å²) in [5.41, 5.74) is 13.0. The van der Waals surface area contributed by atoms with E-state index in [1.165, 1.54) is 0 Å². The Hall–Kier alpha value is -2.04. The highest BCUT2D eigenvalue weighted by atomic mass is 15.2. The zero-order valence-corrected chi connectivity index (χ0v) is 6.86. The first-order valence-corrected chi connectivity index (χ1v) is 3.80. The van der Waals surface area contributed by atoms with Crippen LogP contribution in [0.15, 0.2) is 24.4 Å². The molecule has 2 rings (SSSR count). The van der Waals surface area contributed by atoms with Crippen molar-refractivity contribution < 1.29 is 0 Å². The highest BCUT2D eigenvalue weighted by Crippen LogP contribution is 2.24. The number of hydrogen-bond acceptors (Lipinski definition) is 4. The molecular formula is C8H9N5. The maximum absolute atomic E-state index is 5.68. The van der Waals surface area contributed by atoms with Crippen molar-refractivity contribution in [3.8, 4) is 11.4 Å². The number of rotatable bonds is 1. The van der Waals surface area contributed by atoms with E-state index in [1.54, 1.807) is 6.20 Å². The van der Waals surface area contributed by atoms with Crippen molar-refractivity contribution in [2.24, 2.45) is 0 Å². The van der Waals surface area contributed by atoms with Crippen LogP contribution in [-0.4, -0.2) is 15.2 Å². The Kier molecular flexibility index (Phi) is 1.63. The molecular weight excluding hydrogens is 166 g/mol. The summed E-state index contributed by atoms with van der Waals surface area (Å²) in [5, 5.41) is 6.51. The van der Waals surface area contributed by atoms with E-state index in [9.17, 15) is 0 Å². The van der Waals surface area contributed by atoms with Crippen LogP contribution in [0.4, 0.5) is 11.5 Å². The number of aromatic amines is 1. The molecule has 0 saturated heterocycles. The van der Waals surface area contributed by atoms with Gasteiger partial charge in [-0.25, -0.2) is 0 Å². The first-order valence-electron chi connectivity index (χ1n) is 3.80. The molecule has 2 heterocycles. The van der Waals surface area contributed by atoms with Crippen LogP contribution in [0.2, 0.25) is 0 Å². The Morgan fingerprint density at radius 1 is 1.23 bits per heavy atom. The van der Waals surface area contributed by atoms with E-state index in [4.69, 9.17) is 11.5 Å². The number of H-pyrrole nitrogens is 1. The second-order valence-electron chi connectivity index (χ2n) is 2.61. The van der Waals surface area contributed by atoms with Crippen LogP contribution in [-0.2, 0) is 0 Å². The van der Waals surface area contributed by atoms with E-state index in [2.05, 4.69) is 15.2 Å². The van der Waals surface area contributed by atoms with Gasteiger partial charge in [0, 0.05) is 6.20 Å². The van der Waals surface area contributed by atoms with Gasteiger partial charge >= 0.3 is 0 Å². The molecule has 5 heteroatoms. The smallest absolute Gasteiger partial charge is 0.169 e. The normalized spacial score (nSPS) is 10.2. The summed E-state index contributed by atoms with van der Waals surface area (Å²) in [7, 11) is 0. The summed E-state index contributed by atoms with van der Waals surface area (Å²) in [6, 6.07) is 5.54. The summed E-state index contributed by atoms with van der Waals surface area (Å²) in [4.78, 5) is 4.12. The van der Waals surface area contributed by atoms with Crippen molar-refractivity contribution in [2.45, 2.75) is 0 Å². The van der Waals surface area contributed by atoms with Crippen LogP contribution in [0.1, 0.15) is 0 Å². The van der Waals surface area contributed by atoms with E-state index < -0.39 is 0 Å². The van der Waals surface area contributed by atoms with Gasteiger partial charge in [-0.15, -0.1) is 0 Å². The third-order valence-corrected chi connectivity index (χ3v) is 1.75. The molecule has 0 aromatic carbocycles. The molecule has 0 aliphatic heterocycles. The number of nitrogen functional groups attached to an aromatic ring is 2. The van der Waals surface area contributed by atoms with Crippen molar-refractivity contribution in [2.75, 3.05) is 11.5 Å². The molecule has 0 bridgehead atoms. The third-order valence-electron chi connectivity index (χ3n) is 1.75. The van der Waals surface area contributed by atoms with Gasteiger partial charge in [0.2, 0.25) is 0 Å². The van der Waals surface area contributed by atoms with Gasteiger partial charge in [0.05, 0.1) is 5.69 Å². The van der Waals surface area contributed by atoms with Crippen molar-refractivity contribution in [1.29, 1.82) is 0 Å². The molecule has 13 heavy (non-hydrogen) atoms. The van der Waals surface area contributed by atoms with Crippen LogP contribution in [0.3, 0.4) is 0 Å². The van der Waals surface area contributed by atoms with Gasteiger partial charge in [-0.05, 0) is 12.1 Å². The van der Waals surface area contributed by atoms with Gasteiger partial charge in [-0.2, -0.15) is 5.10 Å². The minimum Gasteiger partial charge on any atom is -0.394 e. The largest absolute Gasteiger partial charge is 0.394 e. The summed E-state index contributed by atoms with van der Waals surface area (Å²) >= 11 is 0. The lowest BCUT2D eigenvalue weighted by Crippen LogP contribution is -1.93. The lowest BCUT2D eigenvalue weighted by Gasteiger charge is -1.96. The fraction of sp³-hybridized carbons (Fsp3) is 0. The maximum atomic E-state index is 5.68. The topological polar surface area (TPSA) is 93.6 Å². The average molecular weight is 175 g/mol. The zero-order chi connectivity index (χ0) is 9.26. The van der Waals surface area contributed by atoms with Gasteiger partial charge in [0.15, 0.2) is 5.82 Å². The van der Waals surface area contributed by atoms with Gasteiger partial charge in [0.1, 0.15) is 11.4 Å². The molecule has 0 amide bonds. The van der Waals surface area contributed by atoms with Crippen molar-refractivity contribution in [1.82, 2.24) is 15.2 Å². The number of pyridine rings is 1. The van der Waals surface area contributed by atoms with Gasteiger partial charge in [-0.1, -0.05) is 6.07 Å². The molecule has 0 saturated carbocycles. The lowest BCUT2D eigenvalue weighted by atomic mass is 10.2. The fourth-order valence-corrected chi connectivity index (χ4v) is 1.07. The first kappa shape index (κ1) is 7.60. The van der Waals surface area contributed by atoms with Gasteiger partial charge in [-0.3, -0.25) is 10.1 Å². The van der Waals surface area contributed by atoms with E-state index >= 15 is 0 Å². The molecule has 0 atom stereocenters. The van der Waals surface area contributed by atoms with Crippen LogP contribution in [0, 0.1) is 0 Å². The molecule has 5 N–H and O–H groups in total. The van der Waals surface area contributed by atoms with Gasteiger partial charge in [0.25, 0.3) is 0 Å². The van der Waals surface area contributed by atoms with Crippen molar-refractivity contribution in [3.05, 3.63) is 24.4 Å². The van der Waals surface area contributed by atoms with Crippen molar-refractivity contribution >= 4 is 11.5 Å². The summed E-state index contributed by atoms with van der Waals surface area (Å²) in [6.07, 6.45) is 1.69. The zero-order valence-electron chi connectivity index (χ0n) is 6.86. The van der Waals surface area contributed by atoms with Crippen LogP contribution in [0.5, 0.6) is 0 Å². The third kappa shape index (κ3) is 1.20. The lowest BCUT2D eigenvalue weighted by molar-refractivity contribution is 1.09. The molecule has 0 fully saturated rings. The number of nitrogens with zero attached hydrogens (tertiary/aromatic N) is 2. The Bertz CT molecular complexity index is 406. The second-order valence-corrected chi connectivity index (χ2v) is 2.61. The highest BCUT2D eigenvalue weighted by molar-refractivity contribution is 5.77. The van der Waals surface area contributed by atoms with E-state index in [-0.39, 0.29) is 0 Å². The monoisotopic (exact) mass is 175 g/mol. The molecule has 0 radical (unpaired) electrons. The molecule has 0 unspecified atom stereocenters. The van der Waals surface area contributed by atoms with E-state index in [0.29, 0.717) is 17.2 Å². The van der Waals surface area contributed by atoms with E-state index in [0.717, 1.165) is 5.69 Å². The molecule has 0 aliphatic rings. The van der Waals surface area contributed by atoms with Crippen LogP contribution < -0.4 is 11.5 Å². The molecule has 2 aromatic heterocycles. The summed E-state index contributed by atoms with van der Waals surface area (Å²) < 4.78 is 0. The Morgan fingerprint density at radius 3 is 2.62 bits per heavy atom. The number of aromatic nitrogens is 3. The molecule has 66 valence electrons. The Balaban J connectivity index is 2.53. The van der Waals surface area contributed by atoms with Crippen LogP contribution in [0.25, 0.3) is 11.4 Å². The molecule has 2 aromatic rings. The second kappa shape index (κ2) is 2.78. The Morgan fingerprint density at radius 2 is 2.08 bits per heavy atom. The number of anilines is 2. The number of nitrogens with one attached hydrogen (secondary N) is 1. The predicted octanol–water partition coefficient (Wildman–Crippen LogP) is 0.636. The molecule has 0 aliphatic carbocycles. The number of hydrogen-bond donors (Lipinski definition) is 3. The number of nitrogens with two attached hydrogens (primary N) is 2. The van der Waals surface area contributed by atoms with Crippen LogP contribution >= 0.6 is 0 Å². The van der Waals surface area contributed by atoms with E-state index in [1.807, 2.05) is 18.2 Å². The fourth-order valence-electron chi connectivity index (χ4n) is 1.07. The summed E-state index contributed by atoms with van der Waals surface area (Å²) in [6.45, 7) is 0. The average Bonchev–Trinajstić information content (AvgIpc) is 2.49. The maximum Gasteiger partial charge on any atom is 0.169 e. The highest BCUT2D eigenvalue weighted by Gasteiger charge is 2.08. The SMILES string of the molecule is Nc1n[nH]c(-c2ccccn2)c1N. The first-order chi connectivity index (χ1) is 6.29. The molecule has 5 nitrogen and oxygen atoms in total. The minimum absolute atomic E-state index is 0.306. The molecule has 0 spiro atoms. The summed E-state index contributed by atoms with van der Waals surface area (Å²) in [5.74, 6) is 0.306. The van der Waals surface area contributed by atoms with Crippen molar-refractivity contribution in [3.63, 3.8) is 0 Å². The predicted molar refractivity (Wildman–Crippen MR) is 50.6 cm³/mol. The quantitative estimate of drug-likeness (QED) is 0.592. The minimum atomic E-state index is 0.306. The Labute approximate surface area is 74.8 Å².